The van der Waals surface area contributed by atoms with Crippen LogP contribution in [0.2, 0.25) is 0 Å². The number of oxime groups is 1. The van der Waals surface area contributed by atoms with Crippen molar-refractivity contribution in [2.45, 2.75) is 33.6 Å². The zero-order chi connectivity index (χ0) is 18.1. The van der Waals surface area contributed by atoms with Crippen molar-refractivity contribution in [3.8, 4) is 0 Å². The van der Waals surface area contributed by atoms with Gasteiger partial charge in [-0.3, -0.25) is 0 Å². The van der Waals surface area contributed by atoms with Gasteiger partial charge in [-0.15, -0.1) is 0 Å². The average molecular weight is 338 g/mol. The van der Waals surface area contributed by atoms with E-state index >= 15 is 0 Å². The lowest BCUT2D eigenvalue weighted by atomic mass is 10.2. The molecule has 4 heteroatoms. The van der Waals surface area contributed by atoms with Gasteiger partial charge in [0.15, 0.2) is 0 Å². The third kappa shape index (κ3) is 5.75. The van der Waals surface area contributed by atoms with Crippen molar-refractivity contribution in [2.24, 2.45) is 5.16 Å². The second-order valence-corrected chi connectivity index (χ2v) is 6.06. The van der Waals surface area contributed by atoms with Crippen LogP contribution in [0.4, 0.5) is 5.69 Å². The van der Waals surface area contributed by atoms with Gasteiger partial charge in [0, 0.05) is 18.8 Å². The molecular formula is C21H26N2O2. The smallest absolute Gasteiger partial charge is 0.365 e. The van der Waals surface area contributed by atoms with Crippen LogP contribution in [-0.2, 0) is 4.84 Å². The summed E-state index contributed by atoms with van der Waals surface area (Å²) in [5.74, 6) is -0.454. The molecule has 0 aromatic heterocycles. The number of benzene rings is 2. The monoisotopic (exact) mass is 338 g/mol. The van der Waals surface area contributed by atoms with Crippen LogP contribution in [0.3, 0.4) is 0 Å². The van der Waals surface area contributed by atoms with Crippen LogP contribution in [0.25, 0.3) is 0 Å². The molecule has 2 aromatic rings. The Hall–Kier alpha value is -2.62. The van der Waals surface area contributed by atoms with Crippen LogP contribution in [0, 0.1) is 6.92 Å². The van der Waals surface area contributed by atoms with E-state index < -0.39 is 5.97 Å². The lowest BCUT2D eigenvalue weighted by molar-refractivity contribution is 0.0519. The minimum atomic E-state index is -0.454. The van der Waals surface area contributed by atoms with Crippen LogP contribution in [-0.4, -0.2) is 25.3 Å². The molecular weight excluding hydrogens is 312 g/mol. The first kappa shape index (κ1) is 18.7. The van der Waals surface area contributed by atoms with Gasteiger partial charge in [-0.25, -0.2) is 4.79 Å². The highest BCUT2D eigenvalue weighted by molar-refractivity contribution is 5.90. The largest absolute Gasteiger partial charge is 0.372 e. The van der Waals surface area contributed by atoms with Crippen molar-refractivity contribution in [3.63, 3.8) is 0 Å². The van der Waals surface area contributed by atoms with E-state index in [1.165, 1.54) is 5.69 Å². The van der Waals surface area contributed by atoms with Gasteiger partial charge >= 0.3 is 5.97 Å². The summed E-state index contributed by atoms with van der Waals surface area (Å²) in [4.78, 5) is 19.2. The topological polar surface area (TPSA) is 41.9 Å². The third-order valence-corrected chi connectivity index (χ3v) is 3.87. The summed E-state index contributed by atoms with van der Waals surface area (Å²) in [7, 11) is 0. The Kier molecular flexibility index (Phi) is 7.20. The Morgan fingerprint density at radius 3 is 2.16 bits per heavy atom. The fourth-order valence-corrected chi connectivity index (χ4v) is 2.56. The van der Waals surface area contributed by atoms with Crippen molar-refractivity contribution >= 4 is 17.9 Å². The maximum absolute atomic E-state index is 11.9. The first-order valence-electron chi connectivity index (χ1n) is 8.80. The van der Waals surface area contributed by atoms with Gasteiger partial charge < -0.3 is 9.74 Å². The molecule has 25 heavy (non-hydrogen) atoms. The Labute approximate surface area is 150 Å². The molecule has 0 amide bonds. The highest BCUT2D eigenvalue weighted by atomic mass is 16.7. The standard InChI is InChI=1S/C21H26N2O2/c1-4-14-23(15-5-2)20-12-8-18(9-13-20)16-22-25-21(24)19-10-6-17(3)7-11-19/h6-13,16H,4-5,14-15H2,1-3H3. The van der Waals surface area contributed by atoms with Gasteiger partial charge in [0.05, 0.1) is 11.8 Å². The molecule has 0 saturated carbocycles. The predicted molar refractivity (Wildman–Crippen MR) is 103 cm³/mol. The number of hydrogen-bond acceptors (Lipinski definition) is 4. The molecule has 0 saturated heterocycles. The molecule has 2 aromatic carbocycles. The fraction of sp³-hybridized carbons (Fsp3) is 0.333. The molecule has 0 heterocycles. The SMILES string of the molecule is CCCN(CCC)c1ccc(C=NOC(=O)c2ccc(C)cc2)cc1. The number of carbonyl (C=O) groups is 1. The van der Waals surface area contributed by atoms with E-state index in [0.29, 0.717) is 5.56 Å². The zero-order valence-corrected chi connectivity index (χ0v) is 15.2. The fourth-order valence-electron chi connectivity index (χ4n) is 2.56. The second-order valence-electron chi connectivity index (χ2n) is 6.06. The number of nitrogens with zero attached hydrogens (tertiary/aromatic N) is 2. The van der Waals surface area contributed by atoms with Crippen molar-refractivity contribution in [2.75, 3.05) is 18.0 Å². The zero-order valence-electron chi connectivity index (χ0n) is 15.2. The van der Waals surface area contributed by atoms with Gasteiger partial charge in [0.1, 0.15) is 0 Å². The lowest BCUT2D eigenvalue weighted by Gasteiger charge is -2.23. The predicted octanol–water partition coefficient (Wildman–Crippen LogP) is 4.81. The van der Waals surface area contributed by atoms with E-state index in [0.717, 1.165) is 37.1 Å². The van der Waals surface area contributed by atoms with Gasteiger partial charge in [-0.05, 0) is 49.6 Å². The molecule has 0 radical (unpaired) electrons. The number of aryl methyl sites for hydroxylation is 1. The molecule has 0 aliphatic rings. The summed E-state index contributed by atoms with van der Waals surface area (Å²) in [6.45, 7) is 8.45. The Morgan fingerprint density at radius 1 is 1.00 bits per heavy atom. The lowest BCUT2D eigenvalue weighted by Crippen LogP contribution is -2.24. The minimum absolute atomic E-state index is 0.454. The summed E-state index contributed by atoms with van der Waals surface area (Å²) < 4.78 is 0. The van der Waals surface area contributed by atoms with E-state index in [1.807, 2.05) is 31.2 Å². The normalized spacial score (nSPS) is 10.8. The van der Waals surface area contributed by atoms with E-state index in [1.54, 1.807) is 18.3 Å². The van der Waals surface area contributed by atoms with Gasteiger partial charge in [-0.1, -0.05) is 48.8 Å². The van der Waals surface area contributed by atoms with Crippen LogP contribution in [0.15, 0.2) is 53.7 Å². The summed E-state index contributed by atoms with van der Waals surface area (Å²) in [6, 6.07) is 15.3. The first-order valence-corrected chi connectivity index (χ1v) is 8.80. The Balaban J connectivity index is 1.94. The third-order valence-electron chi connectivity index (χ3n) is 3.87. The molecule has 0 aliphatic carbocycles. The Morgan fingerprint density at radius 2 is 1.60 bits per heavy atom. The highest BCUT2D eigenvalue weighted by Crippen LogP contribution is 2.15. The molecule has 4 nitrogen and oxygen atoms in total. The van der Waals surface area contributed by atoms with Crippen LogP contribution in [0.5, 0.6) is 0 Å². The van der Waals surface area contributed by atoms with Crippen LogP contribution >= 0.6 is 0 Å². The van der Waals surface area contributed by atoms with Gasteiger partial charge in [0.2, 0.25) is 0 Å². The molecule has 2 rings (SSSR count). The maximum atomic E-state index is 11.9. The van der Waals surface area contributed by atoms with Crippen LogP contribution < -0.4 is 4.90 Å². The molecule has 0 unspecified atom stereocenters. The molecule has 0 atom stereocenters. The van der Waals surface area contributed by atoms with E-state index in [4.69, 9.17) is 4.84 Å². The molecule has 0 aliphatic heterocycles. The van der Waals surface area contributed by atoms with Crippen molar-refractivity contribution in [1.82, 2.24) is 0 Å². The summed E-state index contributed by atoms with van der Waals surface area (Å²) >= 11 is 0. The molecule has 0 spiro atoms. The summed E-state index contributed by atoms with van der Waals surface area (Å²) in [6.07, 6.45) is 3.80. The Bertz CT molecular complexity index is 685. The van der Waals surface area contributed by atoms with E-state index in [9.17, 15) is 4.79 Å². The number of rotatable bonds is 8. The van der Waals surface area contributed by atoms with E-state index in [2.05, 4.69) is 36.0 Å². The number of carbonyl (C=O) groups excluding carboxylic acids is 1. The molecule has 0 N–H and O–H groups in total. The molecule has 0 bridgehead atoms. The minimum Gasteiger partial charge on any atom is -0.372 e. The second kappa shape index (κ2) is 9.62. The maximum Gasteiger partial charge on any atom is 0.365 e. The quantitative estimate of drug-likeness (QED) is 0.394. The van der Waals surface area contributed by atoms with Crippen molar-refractivity contribution in [3.05, 3.63) is 65.2 Å². The van der Waals surface area contributed by atoms with Crippen molar-refractivity contribution in [1.29, 1.82) is 0 Å². The van der Waals surface area contributed by atoms with Gasteiger partial charge in [-0.2, -0.15) is 0 Å². The molecule has 132 valence electrons. The number of hydrogen-bond donors (Lipinski definition) is 0. The first-order chi connectivity index (χ1) is 12.1. The molecule has 0 fully saturated rings. The van der Waals surface area contributed by atoms with E-state index in [-0.39, 0.29) is 0 Å². The van der Waals surface area contributed by atoms with Gasteiger partial charge in [0.25, 0.3) is 0 Å². The highest BCUT2D eigenvalue weighted by Gasteiger charge is 2.06. The summed E-state index contributed by atoms with van der Waals surface area (Å²) in [5.41, 5.74) is 3.69. The summed E-state index contributed by atoms with van der Waals surface area (Å²) in [5, 5.41) is 3.80. The average Bonchev–Trinajstić information content (AvgIpc) is 2.62. The van der Waals surface area contributed by atoms with Crippen molar-refractivity contribution < 1.29 is 9.63 Å². The number of anilines is 1. The van der Waals surface area contributed by atoms with Crippen LogP contribution in [0.1, 0.15) is 48.2 Å².